The highest BCUT2D eigenvalue weighted by Crippen LogP contribution is 2.60. The fourth-order valence-corrected chi connectivity index (χ4v) is 6.36. The van der Waals surface area contributed by atoms with Gasteiger partial charge in [0.2, 0.25) is 11.8 Å². The molecule has 2 bridgehead atoms. The Morgan fingerprint density at radius 3 is 1.82 bits per heavy atom. The molecule has 0 spiro atoms. The molecule has 1 N–H and O–H groups in total. The van der Waals surface area contributed by atoms with Gasteiger partial charge in [-0.05, 0) is 40.5 Å². The number of halogens is 4. The molecule has 0 aromatic heterocycles. The van der Waals surface area contributed by atoms with E-state index in [1.54, 1.807) is 0 Å². The molecule has 4 aliphatic rings. The highest BCUT2D eigenvalue weighted by Gasteiger charge is 2.61. The average molecular weight is 569 g/mol. The molecule has 1 aliphatic heterocycles. The zero-order valence-electron chi connectivity index (χ0n) is 20.6. The lowest BCUT2D eigenvalue weighted by atomic mass is 9.55. The second-order valence-electron chi connectivity index (χ2n) is 9.93. The van der Waals surface area contributed by atoms with Crippen molar-refractivity contribution in [3.8, 4) is 0 Å². The van der Waals surface area contributed by atoms with Crippen LogP contribution in [0.3, 0.4) is 0 Å². The van der Waals surface area contributed by atoms with Gasteiger partial charge >= 0.3 is 12.1 Å². The lowest BCUT2D eigenvalue weighted by Gasteiger charge is -2.45. The number of hydrogen-bond donors (Lipinski definition) is 1. The second-order valence-corrected chi connectivity index (χ2v) is 10.3. The second kappa shape index (κ2) is 9.48. The molecular formula is C29H20ClF3N2O5. The van der Waals surface area contributed by atoms with Crippen LogP contribution < -0.4 is 5.32 Å². The summed E-state index contributed by atoms with van der Waals surface area (Å²) < 4.78 is 43.9. The Bertz CT molecular complexity index is 1470. The van der Waals surface area contributed by atoms with E-state index in [0.717, 1.165) is 39.3 Å². The van der Waals surface area contributed by atoms with E-state index in [-0.39, 0.29) is 22.5 Å². The van der Waals surface area contributed by atoms with Crippen molar-refractivity contribution in [3.63, 3.8) is 0 Å². The Kier molecular flexibility index (Phi) is 6.18. The lowest BCUT2D eigenvalue weighted by Crippen LogP contribution is -2.41. The van der Waals surface area contributed by atoms with E-state index < -0.39 is 60.4 Å². The van der Waals surface area contributed by atoms with Crippen LogP contribution in [0.25, 0.3) is 0 Å². The van der Waals surface area contributed by atoms with Crippen molar-refractivity contribution >= 4 is 41.0 Å². The maximum atomic E-state index is 13.5. The molecule has 40 heavy (non-hydrogen) atoms. The van der Waals surface area contributed by atoms with Crippen molar-refractivity contribution in [3.05, 3.63) is 99.6 Å². The predicted molar refractivity (Wildman–Crippen MR) is 136 cm³/mol. The number of imide groups is 1. The van der Waals surface area contributed by atoms with Gasteiger partial charge in [0.25, 0.3) is 5.91 Å². The number of carbonyl (C=O) groups is 4. The van der Waals surface area contributed by atoms with Crippen LogP contribution in [0.15, 0.2) is 66.7 Å². The van der Waals surface area contributed by atoms with E-state index in [9.17, 15) is 32.3 Å². The molecule has 1 saturated heterocycles. The first-order valence-corrected chi connectivity index (χ1v) is 12.8. The smallest absolute Gasteiger partial charge is 0.416 e. The van der Waals surface area contributed by atoms with Gasteiger partial charge in [0.1, 0.15) is 6.54 Å². The summed E-state index contributed by atoms with van der Waals surface area (Å²) >= 11 is 5.88. The number of likely N-dealkylation sites (tertiary alicyclic amines) is 1. The fraction of sp³-hybridized carbons (Fsp3) is 0.241. The monoisotopic (exact) mass is 568 g/mol. The molecule has 7 nitrogen and oxygen atoms in total. The van der Waals surface area contributed by atoms with Crippen molar-refractivity contribution in [1.29, 1.82) is 0 Å². The number of anilines is 1. The van der Waals surface area contributed by atoms with E-state index in [4.69, 9.17) is 16.3 Å². The molecule has 0 saturated carbocycles. The summed E-state index contributed by atoms with van der Waals surface area (Å²) in [6.45, 7) is -1.54. The van der Waals surface area contributed by atoms with Gasteiger partial charge < -0.3 is 10.1 Å². The summed E-state index contributed by atoms with van der Waals surface area (Å²) in [4.78, 5) is 52.8. The minimum Gasteiger partial charge on any atom is -0.454 e. The lowest BCUT2D eigenvalue weighted by molar-refractivity contribution is -0.154. The Hall–Kier alpha value is -4.18. The summed E-state index contributed by atoms with van der Waals surface area (Å²) in [6.07, 6.45) is -4.65. The molecule has 11 heteroatoms. The number of hydrogen-bond acceptors (Lipinski definition) is 5. The van der Waals surface area contributed by atoms with Gasteiger partial charge in [-0.3, -0.25) is 24.1 Å². The van der Waals surface area contributed by atoms with Crippen molar-refractivity contribution < 1.29 is 37.1 Å². The molecule has 3 aromatic rings. The number of nitrogens with zero attached hydrogens (tertiary/aromatic N) is 1. The van der Waals surface area contributed by atoms with Gasteiger partial charge in [-0.2, -0.15) is 13.2 Å². The standard InChI is InChI=1S/C29H20ClF3N2O5/c30-19-10-9-14(29(31,32)33)11-20(19)34-21(36)13-40-22(37)12-35-27(38)25-23-15-5-1-2-6-16(15)24(26(25)28(35)39)18-8-4-3-7-17(18)23/h1-11,23-26H,12-13H2,(H,34,36)/t23?,24?,25-,26-/m0/s1. The number of esters is 1. The summed E-state index contributed by atoms with van der Waals surface area (Å²) in [5, 5.41) is 2.04. The Balaban J connectivity index is 1.15. The molecular weight excluding hydrogens is 549 g/mol. The molecule has 1 heterocycles. The Morgan fingerprint density at radius 1 is 0.850 bits per heavy atom. The highest BCUT2D eigenvalue weighted by molar-refractivity contribution is 6.33. The summed E-state index contributed by atoms with van der Waals surface area (Å²) in [5.41, 5.74) is 2.63. The zero-order chi connectivity index (χ0) is 28.3. The molecule has 2 atom stereocenters. The van der Waals surface area contributed by atoms with Gasteiger partial charge in [-0.15, -0.1) is 0 Å². The maximum Gasteiger partial charge on any atom is 0.416 e. The first-order chi connectivity index (χ1) is 19.1. The summed E-state index contributed by atoms with van der Waals surface area (Å²) in [5.74, 6) is -4.90. The van der Waals surface area contributed by atoms with Crippen LogP contribution in [0.2, 0.25) is 5.02 Å². The SMILES string of the molecule is O=C(COC(=O)CN1C(=O)[C@H]2C3c4ccccc4C(c4ccccc43)[C@@H]2C1=O)Nc1cc(C(F)(F)F)ccc1Cl. The highest BCUT2D eigenvalue weighted by atomic mass is 35.5. The first-order valence-electron chi connectivity index (χ1n) is 12.4. The van der Waals surface area contributed by atoms with E-state index >= 15 is 0 Å². The van der Waals surface area contributed by atoms with Gasteiger partial charge in [-0.25, -0.2) is 0 Å². The van der Waals surface area contributed by atoms with Crippen molar-refractivity contribution in [2.45, 2.75) is 18.0 Å². The van der Waals surface area contributed by atoms with Crippen LogP contribution >= 0.6 is 11.6 Å². The Morgan fingerprint density at radius 2 is 1.35 bits per heavy atom. The molecule has 1 fully saturated rings. The van der Waals surface area contributed by atoms with Gasteiger partial charge in [0.15, 0.2) is 6.61 Å². The molecule has 0 radical (unpaired) electrons. The molecule has 3 amide bonds. The first kappa shape index (κ1) is 26.1. The van der Waals surface area contributed by atoms with E-state index in [0.29, 0.717) is 6.07 Å². The van der Waals surface area contributed by atoms with Gasteiger partial charge in [0, 0.05) is 11.8 Å². The van der Waals surface area contributed by atoms with Crippen LogP contribution in [0.4, 0.5) is 18.9 Å². The molecule has 3 aliphatic carbocycles. The number of benzene rings is 3. The van der Waals surface area contributed by atoms with Gasteiger partial charge in [0.05, 0.1) is 28.1 Å². The van der Waals surface area contributed by atoms with Crippen LogP contribution in [0.5, 0.6) is 0 Å². The van der Waals surface area contributed by atoms with Crippen molar-refractivity contribution in [2.75, 3.05) is 18.5 Å². The van der Waals surface area contributed by atoms with Crippen LogP contribution in [-0.4, -0.2) is 41.7 Å². The normalized spacial score (nSPS) is 22.4. The van der Waals surface area contributed by atoms with Crippen molar-refractivity contribution in [1.82, 2.24) is 4.90 Å². The number of amides is 3. The predicted octanol–water partition coefficient (Wildman–Crippen LogP) is 4.73. The van der Waals surface area contributed by atoms with E-state index in [2.05, 4.69) is 5.32 Å². The third-order valence-corrected chi connectivity index (χ3v) is 8.09. The Labute approximate surface area is 230 Å². The van der Waals surface area contributed by atoms with Crippen LogP contribution in [-0.2, 0) is 30.1 Å². The van der Waals surface area contributed by atoms with E-state index in [1.165, 1.54) is 0 Å². The third kappa shape index (κ3) is 4.14. The minimum absolute atomic E-state index is 0.139. The molecule has 0 unspecified atom stereocenters. The summed E-state index contributed by atoms with van der Waals surface area (Å²) in [6, 6.07) is 17.8. The van der Waals surface area contributed by atoms with E-state index in [1.807, 2.05) is 48.5 Å². The van der Waals surface area contributed by atoms with Crippen LogP contribution in [0, 0.1) is 11.8 Å². The molecule has 204 valence electrons. The number of rotatable bonds is 5. The maximum absolute atomic E-state index is 13.5. The zero-order valence-corrected chi connectivity index (χ0v) is 21.3. The number of alkyl halides is 3. The van der Waals surface area contributed by atoms with Crippen LogP contribution in [0.1, 0.15) is 39.7 Å². The quantitative estimate of drug-likeness (QED) is 0.355. The third-order valence-electron chi connectivity index (χ3n) is 7.76. The average Bonchev–Trinajstić information content (AvgIpc) is 3.18. The minimum atomic E-state index is -4.65. The van der Waals surface area contributed by atoms with Crippen molar-refractivity contribution in [2.24, 2.45) is 11.8 Å². The fourth-order valence-electron chi connectivity index (χ4n) is 6.20. The largest absolute Gasteiger partial charge is 0.454 e. The topological polar surface area (TPSA) is 92.8 Å². The molecule has 7 rings (SSSR count). The number of carbonyl (C=O) groups excluding carboxylic acids is 4. The number of ether oxygens (including phenoxy) is 1. The molecule has 3 aromatic carbocycles. The van der Waals surface area contributed by atoms with Gasteiger partial charge in [-0.1, -0.05) is 60.1 Å². The number of nitrogens with one attached hydrogen (secondary N) is 1. The summed E-state index contributed by atoms with van der Waals surface area (Å²) in [7, 11) is 0.